The maximum absolute atomic E-state index is 11.5. The molecular formula is C12H20O4. The van der Waals surface area contributed by atoms with E-state index < -0.39 is 12.0 Å². The molecule has 0 radical (unpaired) electrons. The van der Waals surface area contributed by atoms with Crippen molar-refractivity contribution in [2.24, 2.45) is 11.8 Å². The van der Waals surface area contributed by atoms with Crippen molar-refractivity contribution in [3.05, 3.63) is 0 Å². The summed E-state index contributed by atoms with van der Waals surface area (Å²) in [5, 5.41) is 9.85. The van der Waals surface area contributed by atoms with Crippen molar-refractivity contribution in [3.8, 4) is 0 Å². The first-order chi connectivity index (χ1) is 7.60. The zero-order valence-corrected chi connectivity index (χ0v) is 9.94. The minimum absolute atomic E-state index is 0.0457. The van der Waals surface area contributed by atoms with Crippen LogP contribution >= 0.6 is 0 Å². The van der Waals surface area contributed by atoms with Crippen LogP contribution < -0.4 is 0 Å². The lowest BCUT2D eigenvalue weighted by Crippen LogP contribution is -2.41. The first kappa shape index (κ1) is 13.2. The summed E-state index contributed by atoms with van der Waals surface area (Å²) >= 11 is 0. The Bertz CT molecular complexity index is 262. The van der Waals surface area contributed by atoms with Gasteiger partial charge in [0.1, 0.15) is 5.78 Å². The van der Waals surface area contributed by atoms with Crippen LogP contribution in [0.25, 0.3) is 0 Å². The molecule has 0 heterocycles. The van der Waals surface area contributed by atoms with E-state index in [0.29, 0.717) is 0 Å². The first-order valence-electron chi connectivity index (χ1n) is 5.87. The molecule has 4 nitrogen and oxygen atoms in total. The van der Waals surface area contributed by atoms with Crippen molar-refractivity contribution < 1.29 is 19.4 Å². The molecule has 0 amide bonds. The number of rotatable bonds is 4. The van der Waals surface area contributed by atoms with E-state index in [0.717, 1.165) is 19.3 Å². The lowest BCUT2D eigenvalue weighted by Gasteiger charge is -2.33. The van der Waals surface area contributed by atoms with E-state index in [1.165, 1.54) is 7.11 Å². The molecule has 0 aromatic carbocycles. The largest absolute Gasteiger partial charge is 0.469 e. The van der Waals surface area contributed by atoms with Gasteiger partial charge in [0.25, 0.3) is 0 Å². The van der Waals surface area contributed by atoms with Gasteiger partial charge < -0.3 is 9.84 Å². The van der Waals surface area contributed by atoms with Crippen molar-refractivity contribution >= 4 is 11.8 Å². The number of hydrogen-bond acceptors (Lipinski definition) is 4. The maximum Gasteiger partial charge on any atom is 0.309 e. The summed E-state index contributed by atoms with van der Waals surface area (Å²) in [7, 11) is 1.32. The Hall–Kier alpha value is -0.900. The highest BCUT2D eigenvalue weighted by Crippen LogP contribution is 2.33. The molecule has 0 unspecified atom stereocenters. The number of methoxy groups -OCH3 is 1. The predicted molar refractivity (Wildman–Crippen MR) is 58.8 cm³/mol. The van der Waals surface area contributed by atoms with Gasteiger partial charge in [-0.05, 0) is 12.3 Å². The highest BCUT2D eigenvalue weighted by molar-refractivity contribution is 5.86. The normalized spacial score (nSPS) is 30.2. The molecule has 92 valence electrons. The molecule has 1 aliphatic rings. The number of unbranched alkanes of at least 4 members (excludes halogenated alkanes) is 1. The summed E-state index contributed by atoms with van der Waals surface area (Å²) in [5.74, 6) is -0.984. The minimum atomic E-state index is -0.683. The standard InChI is InChI=1S/C12H20O4/c1-3-4-5-9-10(12(15)16-2)6-8(13)7-11(9)14/h9-11,14H,3-7H2,1-2H3/t9-,10+,11+/m1/s1. The van der Waals surface area contributed by atoms with E-state index in [9.17, 15) is 14.7 Å². The van der Waals surface area contributed by atoms with Crippen molar-refractivity contribution in [1.29, 1.82) is 0 Å². The smallest absolute Gasteiger partial charge is 0.309 e. The summed E-state index contributed by atoms with van der Waals surface area (Å²) in [6.45, 7) is 2.06. The van der Waals surface area contributed by atoms with E-state index in [4.69, 9.17) is 4.74 Å². The van der Waals surface area contributed by atoms with E-state index in [2.05, 4.69) is 6.92 Å². The van der Waals surface area contributed by atoms with Crippen LogP contribution in [0.5, 0.6) is 0 Å². The van der Waals surface area contributed by atoms with Crippen molar-refractivity contribution in [1.82, 2.24) is 0 Å². The molecule has 0 bridgehead atoms. The second-order valence-corrected chi connectivity index (χ2v) is 4.45. The number of esters is 1. The zero-order valence-electron chi connectivity index (χ0n) is 9.94. The van der Waals surface area contributed by atoms with Gasteiger partial charge >= 0.3 is 5.97 Å². The molecule has 0 aliphatic heterocycles. The highest BCUT2D eigenvalue weighted by Gasteiger charge is 2.40. The Morgan fingerprint density at radius 1 is 1.50 bits per heavy atom. The van der Waals surface area contributed by atoms with E-state index >= 15 is 0 Å². The van der Waals surface area contributed by atoms with Crippen molar-refractivity contribution in [3.63, 3.8) is 0 Å². The van der Waals surface area contributed by atoms with Crippen LogP contribution in [0.3, 0.4) is 0 Å². The van der Waals surface area contributed by atoms with Gasteiger partial charge in [0.15, 0.2) is 0 Å². The van der Waals surface area contributed by atoms with Gasteiger partial charge in [-0.3, -0.25) is 9.59 Å². The number of hydrogen-bond donors (Lipinski definition) is 1. The summed E-state index contributed by atoms with van der Waals surface area (Å²) in [4.78, 5) is 22.9. The number of aliphatic hydroxyl groups is 1. The Labute approximate surface area is 96.0 Å². The molecule has 1 rings (SSSR count). The monoisotopic (exact) mass is 228 g/mol. The van der Waals surface area contributed by atoms with Gasteiger partial charge in [0, 0.05) is 12.8 Å². The third-order valence-corrected chi connectivity index (χ3v) is 3.29. The summed E-state index contributed by atoms with van der Waals surface area (Å²) < 4.78 is 4.69. The summed E-state index contributed by atoms with van der Waals surface area (Å²) in [6.07, 6.45) is 2.48. The first-order valence-corrected chi connectivity index (χ1v) is 5.87. The van der Waals surface area contributed by atoms with Crippen LogP contribution in [-0.2, 0) is 14.3 Å². The molecule has 4 heteroatoms. The average Bonchev–Trinajstić information content (AvgIpc) is 2.26. The van der Waals surface area contributed by atoms with Crippen molar-refractivity contribution in [2.45, 2.75) is 45.1 Å². The van der Waals surface area contributed by atoms with Gasteiger partial charge in [0.05, 0.1) is 19.1 Å². The molecule has 1 fully saturated rings. The van der Waals surface area contributed by atoms with Gasteiger partial charge in [-0.1, -0.05) is 19.8 Å². The van der Waals surface area contributed by atoms with Crippen molar-refractivity contribution in [2.75, 3.05) is 7.11 Å². The van der Waals surface area contributed by atoms with E-state index in [-0.39, 0.29) is 30.5 Å². The number of aliphatic hydroxyl groups excluding tert-OH is 1. The number of carbonyl (C=O) groups is 2. The van der Waals surface area contributed by atoms with E-state index in [1.807, 2.05) is 0 Å². The van der Waals surface area contributed by atoms with Crippen LogP contribution in [-0.4, -0.2) is 30.1 Å². The van der Waals surface area contributed by atoms with Gasteiger partial charge in [-0.15, -0.1) is 0 Å². The third kappa shape index (κ3) is 3.04. The number of ether oxygens (including phenoxy) is 1. The highest BCUT2D eigenvalue weighted by atomic mass is 16.5. The molecule has 0 aromatic heterocycles. The fourth-order valence-electron chi connectivity index (χ4n) is 2.38. The van der Waals surface area contributed by atoms with Gasteiger partial charge in [0.2, 0.25) is 0 Å². The average molecular weight is 228 g/mol. The molecule has 0 saturated heterocycles. The molecule has 1 saturated carbocycles. The molecular weight excluding hydrogens is 208 g/mol. The molecule has 3 atom stereocenters. The Kier molecular flexibility index (Phi) is 4.93. The van der Waals surface area contributed by atoms with Crippen LogP contribution in [0, 0.1) is 11.8 Å². The fraction of sp³-hybridized carbons (Fsp3) is 0.833. The van der Waals surface area contributed by atoms with Gasteiger partial charge in [-0.25, -0.2) is 0 Å². The quantitative estimate of drug-likeness (QED) is 0.737. The molecule has 16 heavy (non-hydrogen) atoms. The fourth-order valence-corrected chi connectivity index (χ4v) is 2.38. The second kappa shape index (κ2) is 5.99. The Balaban J connectivity index is 2.72. The van der Waals surface area contributed by atoms with Crippen LogP contribution in [0.4, 0.5) is 0 Å². The minimum Gasteiger partial charge on any atom is -0.469 e. The lowest BCUT2D eigenvalue weighted by molar-refractivity contribution is -0.155. The molecule has 0 aromatic rings. The molecule has 1 aliphatic carbocycles. The van der Waals surface area contributed by atoms with Gasteiger partial charge in [-0.2, -0.15) is 0 Å². The second-order valence-electron chi connectivity index (χ2n) is 4.45. The van der Waals surface area contributed by atoms with Crippen LogP contribution in [0.15, 0.2) is 0 Å². The lowest BCUT2D eigenvalue weighted by atomic mass is 9.74. The maximum atomic E-state index is 11.5. The van der Waals surface area contributed by atoms with Crippen LogP contribution in [0.1, 0.15) is 39.0 Å². The molecule has 1 N–H and O–H groups in total. The zero-order chi connectivity index (χ0) is 12.1. The summed E-state index contributed by atoms with van der Waals surface area (Å²) in [5.41, 5.74) is 0. The molecule has 0 spiro atoms. The topological polar surface area (TPSA) is 63.6 Å². The number of carbonyl (C=O) groups excluding carboxylic acids is 2. The third-order valence-electron chi connectivity index (χ3n) is 3.29. The Morgan fingerprint density at radius 2 is 2.19 bits per heavy atom. The van der Waals surface area contributed by atoms with E-state index in [1.54, 1.807) is 0 Å². The number of Topliss-reactive ketones (excluding diaryl/α,β-unsaturated/α-hetero) is 1. The number of ketones is 1. The van der Waals surface area contributed by atoms with Crippen LogP contribution in [0.2, 0.25) is 0 Å². The SMILES string of the molecule is CCCC[C@@H]1[C@@H](C(=O)OC)CC(=O)C[C@@H]1O. The predicted octanol–water partition coefficient (Wildman–Crippen LogP) is 1.31. The summed E-state index contributed by atoms with van der Waals surface area (Å²) in [6, 6.07) is 0. The Morgan fingerprint density at radius 3 is 2.75 bits per heavy atom.